The molecule has 1 unspecified atom stereocenters. The lowest BCUT2D eigenvalue weighted by Gasteiger charge is -2.30. The van der Waals surface area contributed by atoms with E-state index in [-0.39, 0.29) is 24.9 Å². The van der Waals surface area contributed by atoms with Crippen molar-refractivity contribution in [3.8, 4) is 11.5 Å². The molecule has 4 rings (SSSR count). The summed E-state index contributed by atoms with van der Waals surface area (Å²) in [7, 11) is -4.04. The Hall–Kier alpha value is -2.79. The van der Waals surface area contributed by atoms with Crippen LogP contribution in [0.1, 0.15) is 30.2 Å². The minimum absolute atomic E-state index is 0.0330. The number of benzene rings is 2. The van der Waals surface area contributed by atoms with Gasteiger partial charge in [0.1, 0.15) is 10.7 Å². The highest BCUT2D eigenvalue weighted by Gasteiger charge is 2.35. The van der Waals surface area contributed by atoms with Gasteiger partial charge in [0.05, 0.1) is 11.5 Å². The van der Waals surface area contributed by atoms with E-state index in [1.807, 2.05) is 0 Å². The number of aromatic nitrogens is 2. The first kappa shape index (κ1) is 21.4. The van der Waals surface area contributed by atoms with Crippen molar-refractivity contribution in [2.75, 3.05) is 13.1 Å². The van der Waals surface area contributed by atoms with E-state index in [9.17, 15) is 26.0 Å². The number of halogens is 4. The van der Waals surface area contributed by atoms with Crippen LogP contribution in [0.25, 0.3) is 11.5 Å². The summed E-state index contributed by atoms with van der Waals surface area (Å²) in [5, 5.41) is 7.85. The number of hydrogen-bond donors (Lipinski definition) is 0. The minimum atomic E-state index is -4.45. The first-order chi connectivity index (χ1) is 14.7. The van der Waals surface area contributed by atoms with Crippen LogP contribution in [0.5, 0.6) is 0 Å². The second-order valence-corrected chi connectivity index (χ2v) is 9.06. The molecule has 0 saturated carbocycles. The number of piperidine rings is 1. The number of hydrogen-bond acceptors (Lipinski definition) is 5. The van der Waals surface area contributed by atoms with Crippen LogP contribution in [-0.4, -0.2) is 36.0 Å². The predicted octanol–water partition coefficient (Wildman–Crippen LogP) is 4.46. The van der Waals surface area contributed by atoms with Gasteiger partial charge in [-0.2, -0.15) is 17.5 Å². The molecule has 31 heavy (non-hydrogen) atoms. The van der Waals surface area contributed by atoms with Crippen LogP contribution >= 0.6 is 0 Å². The second kappa shape index (κ2) is 8.04. The molecule has 0 amide bonds. The SMILES string of the molecule is O=S(=O)(c1ccccc1F)N1CCCC(c2nnc(-c3ccc(C(F)(F)F)cc3)o2)C1. The zero-order valence-corrected chi connectivity index (χ0v) is 16.8. The van der Waals surface area contributed by atoms with Gasteiger partial charge in [-0.05, 0) is 49.2 Å². The Bertz CT molecular complexity index is 1180. The summed E-state index contributed by atoms with van der Waals surface area (Å²) in [5.41, 5.74) is -0.476. The monoisotopic (exact) mass is 455 g/mol. The maximum absolute atomic E-state index is 14.0. The summed E-state index contributed by atoms with van der Waals surface area (Å²) in [6, 6.07) is 9.46. The van der Waals surface area contributed by atoms with Crippen molar-refractivity contribution < 1.29 is 30.4 Å². The van der Waals surface area contributed by atoms with Gasteiger partial charge in [-0.15, -0.1) is 10.2 Å². The van der Waals surface area contributed by atoms with Crippen LogP contribution in [0.2, 0.25) is 0 Å². The number of rotatable bonds is 4. The van der Waals surface area contributed by atoms with Gasteiger partial charge in [0.15, 0.2) is 0 Å². The minimum Gasteiger partial charge on any atom is -0.420 e. The molecule has 1 aromatic heterocycles. The van der Waals surface area contributed by atoms with Crippen molar-refractivity contribution in [2.45, 2.75) is 29.8 Å². The maximum atomic E-state index is 14.0. The fourth-order valence-electron chi connectivity index (χ4n) is 3.47. The molecule has 2 heterocycles. The molecule has 1 aliphatic rings. The number of alkyl halides is 3. The van der Waals surface area contributed by atoms with E-state index in [1.165, 1.54) is 34.6 Å². The average Bonchev–Trinajstić information content (AvgIpc) is 3.24. The molecule has 3 aromatic rings. The standard InChI is InChI=1S/C20H17F4N3O3S/c21-16-5-1-2-6-17(16)31(28,29)27-11-3-4-14(12-27)19-26-25-18(30-19)13-7-9-15(10-8-13)20(22,23)24/h1-2,5-10,14H,3-4,11-12H2. The molecule has 1 atom stereocenters. The number of nitrogens with zero attached hydrogens (tertiary/aromatic N) is 3. The lowest BCUT2D eigenvalue weighted by Crippen LogP contribution is -2.39. The second-order valence-electron chi connectivity index (χ2n) is 7.15. The predicted molar refractivity (Wildman–Crippen MR) is 102 cm³/mol. The molecule has 1 aliphatic heterocycles. The highest BCUT2D eigenvalue weighted by Crippen LogP contribution is 2.33. The molecule has 6 nitrogen and oxygen atoms in total. The third-order valence-corrected chi connectivity index (χ3v) is 6.99. The maximum Gasteiger partial charge on any atom is 0.416 e. The van der Waals surface area contributed by atoms with Crippen LogP contribution in [0, 0.1) is 5.82 Å². The van der Waals surface area contributed by atoms with Gasteiger partial charge in [0.2, 0.25) is 21.8 Å². The fraction of sp³-hybridized carbons (Fsp3) is 0.300. The Morgan fingerprint density at radius 3 is 2.42 bits per heavy atom. The zero-order valence-electron chi connectivity index (χ0n) is 16.0. The highest BCUT2D eigenvalue weighted by atomic mass is 32.2. The van der Waals surface area contributed by atoms with Gasteiger partial charge in [-0.1, -0.05) is 12.1 Å². The van der Waals surface area contributed by atoms with Crippen molar-refractivity contribution in [2.24, 2.45) is 0 Å². The smallest absolute Gasteiger partial charge is 0.416 e. The Morgan fingerprint density at radius 2 is 1.74 bits per heavy atom. The molecule has 164 valence electrons. The van der Waals surface area contributed by atoms with Crippen LogP contribution < -0.4 is 0 Å². The van der Waals surface area contributed by atoms with Gasteiger partial charge in [0.25, 0.3) is 0 Å². The Morgan fingerprint density at radius 1 is 1.03 bits per heavy atom. The molecule has 1 fully saturated rings. The normalized spacial score (nSPS) is 18.3. The van der Waals surface area contributed by atoms with Gasteiger partial charge in [-0.25, -0.2) is 12.8 Å². The number of sulfonamides is 1. The molecule has 0 spiro atoms. The van der Waals surface area contributed by atoms with E-state index in [2.05, 4.69) is 10.2 Å². The summed E-state index contributed by atoms with van der Waals surface area (Å²) >= 11 is 0. The molecule has 0 aliphatic carbocycles. The van der Waals surface area contributed by atoms with Crippen molar-refractivity contribution in [1.82, 2.24) is 14.5 Å². The van der Waals surface area contributed by atoms with Crippen LogP contribution in [0.3, 0.4) is 0 Å². The van der Waals surface area contributed by atoms with Gasteiger partial charge >= 0.3 is 6.18 Å². The summed E-state index contributed by atoms with van der Waals surface area (Å²) < 4.78 is 84.7. The van der Waals surface area contributed by atoms with Crippen LogP contribution in [0.4, 0.5) is 17.6 Å². The average molecular weight is 455 g/mol. The summed E-state index contributed by atoms with van der Waals surface area (Å²) in [4.78, 5) is -0.397. The Kier molecular flexibility index (Phi) is 5.56. The Balaban J connectivity index is 1.54. The van der Waals surface area contributed by atoms with Gasteiger partial charge < -0.3 is 4.42 Å². The van der Waals surface area contributed by atoms with Gasteiger partial charge in [0, 0.05) is 18.7 Å². The van der Waals surface area contributed by atoms with Crippen molar-refractivity contribution in [1.29, 1.82) is 0 Å². The van der Waals surface area contributed by atoms with Gasteiger partial charge in [-0.3, -0.25) is 0 Å². The van der Waals surface area contributed by atoms with E-state index in [1.54, 1.807) is 0 Å². The zero-order chi connectivity index (χ0) is 22.2. The molecule has 11 heteroatoms. The molecule has 0 N–H and O–H groups in total. The van der Waals surface area contributed by atoms with Crippen molar-refractivity contribution in [3.05, 3.63) is 65.8 Å². The lowest BCUT2D eigenvalue weighted by molar-refractivity contribution is -0.137. The largest absolute Gasteiger partial charge is 0.420 e. The van der Waals surface area contributed by atoms with E-state index < -0.39 is 38.4 Å². The summed E-state index contributed by atoms with van der Waals surface area (Å²) in [6.07, 6.45) is -3.36. The molecular weight excluding hydrogens is 438 g/mol. The fourth-order valence-corrected chi connectivity index (χ4v) is 5.06. The molecule has 1 saturated heterocycles. The molecule has 2 aromatic carbocycles. The van der Waals surface area contributed by atoms with E-state index in [0.29, 0.717) is 18.4 Å². The molecule has 0 bridgehead atoms. The highest BCUT2D eigenvalue weighted by molar-refractivity contribution is 7.89. The van der Waals surface area contributed by atoms with Crippen LogP contribution in [0.15, 0.2) is 57.8 Å². The van der Waals surface area contributed by atoms with E-state index >= 15 is 0 Å². The lowest BCUT2D eigenvalue weighted by atomic mass is 10.00. The first-order valence-electron chi connectivity index (χ1n) is 9.42. The van der Waals surface area contributed by atoms with Crippen LogP contribution in [-0.2, 0) is 16.2 Å². The Labute approximate surface area is 175 Å². The van der Waals surface area contributed by atoms with E-state index in [4.69, 9.17) is 4.42 Å². The third kappa shape index (κ3) is 4.33. The quantitative estimate of drug-likeness (QED) is 0.543. The van der Waals surface area contributed by atoms with E-state index in [0.717, 1.165) is 18.2 Å². The molecule has 0 radical (unpaired) electrons. The topological polar surface area (TPSA) is 76.3 Å². The summed E-state index contributed by atoms with van der Waals surface area (Å²) in [5.74, 6) is -1.01. The van der Waals surface area contributed by atoms with Crippen molar-refractivity contribution >= 4 is 10.0 Å². The first-order valence-corrected chi connectivity index (χ1v) is 10.9. The molecular formula is C20H17F4N3O3S. The summed E-state index contributed by atoms with van der Waals surface area (Å²) in [6.45, 7) is 0.262. The third-order valence-electron chi connectivity index (χ3n) is 5.09. The van der Waals surface area contributed by atoms with Crippen molar-refractivity contribution in [3.63, 3.8) is 0 Å².